The van der Waals surface area contributed by atoms with E-state index < -0.39 is 0 Å². The molecule has 2 aliphatic carbocycles. The summed E-state index contributed by atoms with van der Waals surface area (Å²) < 4.78 is 0. The van der Waals surface area contributed by atoms with Gasteiger partial charge in [0.25, 0.3) is 5.91 Å². The lowest BCUT2D eigenvalue weighted by Crippen LogP contribution is -2.48. The number of nitrogens with one attached hydrogen (secondary N) is 2. The van der Waals surface area contributed by atoms with Crippen molar-refractivity contribution >= 4 is 17.5 Å². The van der Waals surface area contributed by atoms with E-state index in [4.69, 9.17) is 5.73 Å². The zero-order valence-corrected chi connectivity index (χ0v) is 13.5. The minimum atomic E-state index is -0.191. The van der Waals surface area contributed by atoms with Crippen molar-refractivity contribution in [3.8, 4) is 0 Å². The molecule has 0 aromatic heterocycles. The summed E-state index contributed by atoms with van der Waals surface area (Å²) in [4.78, 5) is 24.6. The molecule has 1 aromatic rings. The quantitative estimate of drug-likeness (QED) is 0.799. The molecule has 0 spiro atoms. The Bertz CT molecular complexity index is 588. The third kappa shape index (κ3) is 3.24. The van der Waals surface area contributed by atoms with Crippen molar-refractivity contribution in [2.45, 2.75) is 38.1 Å². The van der Waals surface area contributed by atoms with Gasteiger partial charge < -0.3 is 16.4 Å². The molecule has 0 saturated heterocycles. The molecule has 4 N–H and O–H groups in total. The van der Waals surface area contributed by atoms with E-state index in [1.165, 1.54) is 6.42 Å². The van der Waals surface area contributed by atoms with Gasteiger partial charge in [-0.3, -0.25) is 9.59 Å². The molecule has 1 aromatic carbocycles. The van der Waals surface area contributed by atoms with Crippen LogP contribution < -0.4 is 16.4 Å². The summed E-state index contributed by atoms with van der Waals surface area (Å²) >= 11 is 0. The molecule has 3 rings (SSSR count). The van der Waals surface area contributed by atoms with Crippen molar-refractivity contribution in [2.75, 3.05) is 12.4 Å². The second-order valence-corrected chi connectivity index (χ2v) is 6.81. The molecule has 124 valence electrons. The largest absolute Gasteiger partial charge is 0.355 e. The topological polar surface area (TPSA) is 84.2 Å². The van der Waals surface area contributed by atoms with E-state index >= 15 is 0 Å². The lowest BCUT2D eigenvalue weighted by Gasteiger charge is -2.43. The number of amides is 2. The highest BCUT2D eigenvalue weighted by Crippen LogP contribution is 2.42. The fourth-order valence-corrected chi connectivity index (χ4v) is 4.16. The first kappa shape index (κ1) is 16.0. The summed E-state index contributed by atoms with van der Waals surface area (Å²) in [5, 5.41) is 5.56. The van der Waals surface area contributed by atoms with Crippen molar-refractivity contribution in [3.63, 3.8) is 0 Å². The predicted molar refractivity (Wildman–Crippen MR) is 90.0 cm³/mol. The van der Waals surface area contributed by atoms with Gasteiger partial charge in [-0.25, -0.2) is 0 Å². The number of nitrogens with two attached hydrogens (primary N) is 1. The van der Waals surface area contributed by atoms with Crippen LogP contribution in [0.1, 0.15) is 42.5 Å². The molecule has 2 bridgehead atoms. The number of anilines is 1. The van der Waals surface area contributed by atoms with Crippen molar-refractivity contribution in [1.29, 1.82) is 0 Å². The SMILES string of the molecule is CNC(=O)c1ccccc1NC(=O)C1CC2CCCC(C1)C2N. The van der Waals surface area contributed by atoms with E-state index in [0.29, 0.717) is 23.1 Å². The molecule has 23 heavy (non-hydrogen) atoms. The lowest BCUT2D eigenvalue weighted by atomic mass is 9.65. The Morgan fingerprint density at radius 1 is 1.13 bits per heavy atom. The number of fused-ring (bicyclic) bond motifs is 2. The molecule has 2 atom stereocenters. The second kappa shape index (κ2) is 6.71. The molecule has 5 heteroatoms. The average molecular weight is 315 g/mol. The summed E-state index contributed by atoms with van der Waals surface area (Å²) in [7, 11) is 1.59. The Labute approximate surface area is 137 Å². The maximum atomic E-state index is 12.7. The summed E-state index contributed by atoms with van der Waals surface area (Å²) in [5.41, 5.74) is 7.37. The maximum absolute atomic E-state index is 12.7. The Hall–Kier alpha value is -1.88. The van der Waals surface area contributed by atoms with E-state index in [1.807, 2.05) is 6.07 Å². The molecule has 2 fully saturated rings. The van der Waals surface area contributed by atoms with E-state index in [1.54, 1.807) is 25.2 Å². The van der Waals surface area contributed by atoms with Crippen LogP contribution in [-0.2, 0) is 4.79 Å². The van der Waals surface area contributed by atoms with E-state index in [-0.39, 0.29) is 23.8 Å². The molecule has 0 radical (unpaired) electrons. The minimum absolute atomic E-state index is 0.00263. The van der Waals surface area contributed by atoms with Gasteiger partial charge in [0, 0.05) is 19.0 Å². The number of rotatable bonds is 3. The summed E-state index contributed by atoms with van der Waals surface area (Å²) in [5.74, 6) is 0.760. The molecule has 2 unspecified atom stereocenters. The molecule has 5 nitrogen and oxygen atoms in total. The number of benzene rings is 1. The van der Waals surface area contributed by atoms with Crippen LogP contribution in [0.15, 0.2) is 24.3 Å². The summed E-state index contributed by atoms with van der Waals surface area (Å²) in [6.45, 7) is 0. The fourth-order valence-electron chi connectivity index (χ4n) is 4.16. The Morgan fingerprint density at radius 3 is 2.43 bits per heavy atom. The predicted octanol–water partition coefficient (Wildman–Crippen LogP) is 2.14. The van der Waals surface area contributed by atoms with Gasteiger partial charge in [0.2, 0.25) is 5.91 Å². The van der Waals surface area contributed by atoms with Crippen LogP contribution in [0.5, 0.6) is 0 Å². The normalized spacial score (nSPS) is 29.7. The number of hydrogen-bond acceptors (Lipinski definition) is 3. The van der Waals surface area contributed by atoms with Crippen molar-refractivity contribution < 1.29 is 9.59 Å². The van der Waals surface area contributed by atoms with Gasteiger partial charge in [0.05, 0.1) is 11.3 Å². The van der Waals surface area contributed by atoms with Gasteiger partial charge in [-0.15, -0.1) is 0 Å². The van der Waals surface area contributed by atoms with E-state index in [2.05, 4.69) is 10.6 Å². The molecule has 0 heterocycles. The van der Waals surface area contributed by atoms with Gasteiger partial charge >= 0.3 is 0 Å². The van der Waals surface area contributed by atoms with Crippen LogP contribution in [0.3, 0.4) is 0 Å². The van der Waals surface area contributed by atoms with Crippen LogP contribution in [0.25, 0.3) is 0 Å². The first-order valence-corrected chi connectivity index (χ1v) is 8.47. The van der Waals surface area contributed by atoms with Gasteiger partial charge in [-0.2, -0.15) is 0 Å². The van der Waals surface area contributed by atoms with Gasteiger partial charge in [-0.05, 0) is 49.7 Å². The smallest absolute Gasteiger partial charge is 0.253 e. The standard InChI is InChI=1S/C18H25N3O2/c1-20-18(23)14-7-2-3-8-15(14)21-17(22)13-9-11-5-4-6-12(10-13)16(11)19/h2-3,7-8,11-13,16H,4-6,9-10,19H2,1H3,(H,20,23)(H,21,22). The zero-order valence-electron chi connectivity index (χ0n) is 13.5. The van der Waals surface area contributed by atoms with Gasteiger partial charge in [0.15, 0.2) is 0 Å². The summed E-state index contributed by atoms with van der Waals surface area (Å²) in [6, 6.07) is 7.38. The monoisotopic (exact) mass is 315 g/mol. The highest BCUT2D eigenvalue weighted by Gasteiger charge is 2.40. The molecule has 2 saturated carbocycles. The van der Waals surface area contributed by atoms with Crippen LogP contribution in [0.4, 0.5) is 5.69 Å². The van der Waals surface area contributed by atoms with Crippen molar-refractivity contribution in [1.82, 2.24) is 5.32 Å². The molecule has 2 amide bonds. The Balaban J connectivity index is 1.72. The van der Waals surface area contributed by atoms with E-state index in [9.17, 15) is 9.59 Å². The molecule has 2 aliphatic rings. The highest BCUT2D eigenvalue weighted by molar-refractivity contribution is 6.04. The van der Waals surface area contributed by atoms with Gasteiger partial charge in [0.1, 0.15) is 0 Å². The third-order valence-electron chi connectivity index (χ3n) is 5.44. The number of carbonyl (C=O) groups excluding carboxylic acids is 2. The van der Waals surface area contributed by atoms with Crippen molar-refractivity contribution in [3.05, 3.63) is 29.8 Å². The summed E-state index contributed by atoms with van der Waals surface area (Å²) in [6.07, 6.45) is 5.24. The first-order chi connectivity index (χ1) is 11.1. The number of para-hydroxylation sites is 1. The van der Waals surface area contributed by atoms with Crippen LogP contribution in [-0.4, -0.2) is 24.9 Å². The minimum Gasteiger partial charge on any atom is -0.355 e. The van der Waals surface area contributed by atoms with Crippen LogP contribution in [0, 0.1) is 17.8 Å². The average Bonchev–Trinajstić information content (AvgIpc) is 2.54. The molecule has 0 aliphatic heterocycles. The third-order valence-corrected chi connectivity index (χ3v) is 5.44. The Kier molecular flexibility index (Phi) is 4.66. The maximum Gasteiger partial charge on any atom is 0.253 e. The fraction of sp³-hybridized carbons (Fsp3) is 0.556. The second-order valence-electron chi connectivity index (χ2n) is 6.81. The van der Waals surface area contributed by atoms with Crippen LogP contribution >= 0.6 is 0 Å². The zero-order chi connectivity index (χ0) is 16.4. The van der Waals surface area contributed by atoms with Gasteiger partial charge in [-0.1, -0.05) is 18.6 Å². The number of carbonyl (C=O) groups is 2. The first-order valence-electron chi connectivity index (χ1n) is 8.47. The van der Waals surface area contributed by atoms with E-state index in [0.717, 1.165) is 25.7 Å². The highest BCUT2D eigenvalue weighted by atomic mass is 16.2. The lowest BCUT2D eigenvalue weighted by molar-refractivity contribution is -0.122. The number of hydrogen-bond donors (Lipinski definition) is 3. The Morgan fingerprint density at radius 2 is 1.78 bits per heavy atom. The van der Waals surface area contributed by atoms with Crippen LogP contribution in [0.2, 0.25) is 0 Å². The molecular weight excluding hydrogens is 290 g/mol. The van der Waals surface area contributed by atoms with Crippen molar-refractivity contribution in [2.24, 2.45) is 23.5 Å². The molecular formula is C18H25N3O2.